The van der Waals surface area contributed by atoms with Crippen LogP contribution >= 0.6 is 0 Å². The molecule has 0 aliphatic carbocycles. The number of nitrogens with one attached hydrogen (secondary N) is 1. The van der Waals surface area contributed by atoms with Crippen molar-refractivity contribution in [2.75, 3.05) is 26.7 Å². The monoisotopic (exact) mass is 225 g/mol. The van der Waals surface area contributed by atoms with Crippen molar-refractivity contribution in [2.24, 2.45) is 0 Å². The molecular formula is C11H19N3O2. The number of rotatable bonds is 4. The number of amides is 1. The minimum atomic E-state index is -0.392. The number of piperidine rings is 1. The lowest BCUT2D eigenvalue weighted by molar-refractivity contribution is -0.131. The first kappa shape index (κ1) is 12.9. The summed E-state index contributed by atoms with van der Waals surface area (Å²) in [5.74, 6) is -0.0544. The lowest BCUT2D eigenvalue weighted by Gasteiger charge is -2.31. The van der Waals surface area contributed by atoms with Crippen molar-refractivity contribution in [1.29, 1.82) is 5.26 Å². The van der Waals surface area contributed by atoms with Crippen LogP contribution in [0.15, 0.2) is 0 Å². The SMILES string of the molecule is COC(C)C(=O)NC1CCN(CC#N)CC1. The summed E-state index contributed by atoms with van der Waals surface area (Å²) < 4.78 is 4.95. The van der Waals surface area contributed by atoms with Crippen LogP contribution in [0.3, 0.4) is 0 Å². The van der Waals surface area contributed by atoms with Crippen LogP contribution in [-0.4, -0.2) is 49.7 Å². The molecule has 0 aromatic rings. The summed E-state index contributed by atoms with van der Waals surface area (Å²) in [4.78, 5) is 13.6. The van der Waals surface area contributed by atoms with E-state index in [2.05, 4.69) is 16.3 Å². The third-order valence-electron chi connectivity index (χ3n) is 2.95. The topological polar surface area (TPSA) is 65.4 Å². The molecule has 1 amide bonds. The first-order valence-corrected chi connectivity index (χ1v) is 5.60. The molecule has 5 heteroatoms. The molecule has 90 valence electrons. The van der Waals surface area contributed by atoms with Crippen LogP contribution in [-0.2, 0) is 9.53 Å². The highest BCUT2D eigenvalue weighted by Gasteiger charge is 2.22. The summed E-state index contributed by atoms with van der Waals surface area (Å²) in [5, 5.41) is 11.5. The lowest BCUT2D eigenvalue weighted by Crippen LogP contribution is -2.47. The Balaban J connectivity index is 2.27. The van der Waals surface area contributed by atoms with E-state index in [1.54, 1.807) is 6.92 Å². The average molecular weight is 225 g/mol. The molecule has 1 aliphatic heterocycles. The predicted octanol–water partition coefficient (Wildman–Crippen LogP) is 0.125. The quantitative estimate of drug-likeness (QED) is 0.690. The van der Waals surface area contributed by atoms with Gasteiger partial charge in [0.1, 0.15) is 6.10 Å². The smallest absolute Gasteiger partial charge is 0.249 e. The maximum Gasteiger partial charge on any atom is 0.249 e. The number of carbonyl (C=O) groups is 1. The molecule has 1 fully saturated rings. The molecule has 1 atom stereocenters. The second-order valence-corrected chi connectivity index (χ2v) is 4.10. The van der Waals surface area contributed by atoms with Gasteiger partial charge in [-0.25, -0.2) is 0 Å². The largest absolute Gasteiger partial charge is 0.372 e. The van der Waals surface area contributed by atoms with E-state index in [0.717, 1.165) is 25.9 Å². The molecule has 1 heterocycles. The lowest BCUT2D eigenvalue weighted by atomic mass is 10.0. The zero-order chi connectivity index (χ0) is 12.0. The van der Waals surface area contributed by atoms with E-state index < -0.39 is 6.10 Å². The molecule has 0 bridgehead atoms. The first-order chi connectivity index (χ1) is 7.67. The summed E-state index contributed by atoms with van der Waals surface area (Å²) in [5.41, 5.74) is 0. The molecule has 0 aromatic carbocycles. The number of likely N-dealkylation sites (tertiary alicyclic amines) is 1. The van der Waals surface area contributed by atoms with Crippen LogP contribution in [0.2, 0.25) is 0 Å². The Morgan fingerprint density at radius 2 is 2.25 bits per heavy atom. The van der Waals surface area contributed by atoms with Gasteiger partial charge in [0.25, 0.3) is 0 Å². The Bertz CT molecular complexity index is 267. The minimum Gasteiger partial charge on any atom is -0.372 e. The van der Waals surface area contributed by atoms with Gasteiger partial charge < -0.3 is 10.1 Å². The fourth-order valence-electron chi connectivity index (χ4n) is 1.76. The van der Waals surface area contributed by atoms with Gasteiger partial charge >= 0.3 is 0 Å². The molecule has 5 nitrogen and oxygen atoms in total. The first-order valence-electron chi connectivity index (χ1n) is 5.60. The van der Waals surface area contributed by atoms with E-state index in [4.69, 9.17) is 10.00 Å². The molecule has 16 heavy (non-hydrogen) atoms. The number of carbonyl (C=O) groups excluding carboxylic acids is 1. The maximum absolute atomic E-state index is 11.5. The van der Waals surface area contributed by atoms with Gasteiger partial charge in [0.2, 0.25) is 5.91 Å². The molecule has 0 spiro atoms. The van der Waals surface area contributed by atoms with Gasteiger partial charge in [-0.1, -0.05) is 0 Å². The van der Waals surface area contributed by atoms with Gasteiger partial charge in [-0.2, -0.15) is 5.26 Å². The third-order valence-corrected chi connectivity index (χ3v) is 2.95. The van der Waals surface area contributed by atoms with Crippen molar-refractivity contribution < 1.29 is 9.53 Å². The van der Waals surface area contributed by atoms with Crippen LogP contribution < -0.4 is 5.32 Å². The normalized spacial score (nSPS) is 20.1. The van der Waals surface area contributed by atoms with E-state index in [0.29, 0.717) is 6.54 Å². The highest BCUT2D eigenvalue weighted by Crippen LogP contribution is 2.09. The summed E-state index contributed by atoms with van der Waals surface area (Å²) >= 11 is 0. The molecule has 0 aromatic heterocycles. The van der Waals surface area contributed by atoms with Crippen molar-refractivity contribution in [3.05, 3.63) is 0 Å². The second kappa shape index (κ2) is 6.46. The molecule has 1 rings (SSSR count). The van der Waals surface area contributed by atoms with Crippen molar-refractivity contribution >= 4 is 5.91 Å². The molecule has 1 aliphatic rings. The van der Waals surface area contributed by atoms with Gasteiger partial charge in [0.15, 0.2) is 0 Å². The summed E-state index contributed by atoms with van der Waals surface area (Å²) in [6, 6.07) is 2.36. The Kier molecular flexibility index (Phi) is 5.23. The summed E-state index contributed by atoms with van der Waals surface area (Å²) in [6.45, 7) is 3.97. The Hall–Kier alpha value is -1.12. The van der Waals surface area contributed by atoms with Crippen LogP contribution in [0.5, 0.6) is 0 Å². The standard InChI is InChI=1S/C11H19N3O2/c1-9(16-2)11(15)13-10-3-6-14(7-4-10)8-5-12/h9-10H,3-4,6-8H2,1-2H3,(H,13,15). The Morgan fingerprint density at radius 1 is 1.62 bits per heavy atom. The van der Waals surface area contributed by atoms with Gasteiger partial charge in [-0.05, 0) is 19.8 Å². The highest BCUT2D eigenvalue weighted by atomic mass is 16.5. The van der Waals surface area contributed by atoms with Crippen LogP contribution in [0.25, 0.3) is 0 Å². The molecule has 1 saturated heterocycles. The number of methoxy groups -OCH3 is 1. The van der Waals surface area contributed by atoms with Gasteiger partial charge in [-0.15, -0.1) is 0 Å². The van der Waals surface area contributed by atoms with E-state index in [-0.39, 0.29) is 11.9 Å². The van der Waals surface area contributed by atoms with Crippen LogP contribution in [0, 0.1) is 11.3 Å². The minimum absolute atomic E-state index is 0.0544. The Labute approximate surface area is 96.4 Å². The summed E-state index contributed by atoms with van der Waals surface area (Å²) in [6.07, 6.45) is 1.42. The molecular weight excluding hydrogens is 206 g/mol. The fraction of sp³-hybridized carbons (Fsp3) is 0.818. The van der Waals surface area contributed by atoms with E-state index in [1.807, 2.05) is 0 Å². The molecule has 1 unspecified atom stereocenters. The number of nitriles is 1. The fourth-order valence-corrected chi connectivity index (χ4v) is 1.76. The highest BCUT2D eigenvalue weighted by molar-refractivity contribution is 5.80. The average Bonchev–Trinajstić information content (AvgIpc) is 2.31. The third kappa shape index (κ3) is 3.80. The molecule has 1 N–H and O–H groups in total. The summed E-state index contributed by atoms with van der Waals surface area (Å²) in [7, 11) is 1.53. The van der Waals surface area contributed by atoms with E-state index in [1.165, 1.54) is 7.11 Å². The maximum atomic E-state index is 11.5. The molecule has 0 saturated carbocycles. The Morgan fingerprint density at radius 3 is 2.75 bits per heavy atom. The van der Waals surface area contributed by atoms with Crippen molar-refractivity contribution in [2.45, 2.75) is 31.9 Å². The van der Waals surface area contributed by atoms with Gasteiger partial charge in [0.05, 0.1) is 12.6 Å². The number of nitrogens with zero attached hydrogens (tertiary/aromatic N) is 2. The van der Waals surface area contributed by atoms with Crippen molar-refractivity contribution in [1.82, 2.24) is 10.2 Å². The van der Waals surface area contributed by atoms with Crippen molar-refractivity contribution in [3.63, 3.8) is 0 Å². The second-order valence-electron chi connectivity index (χ2n) is 4.10. The number of ether oxygens (including phenoxy) is 1. The predicted molar refractivity (Wildman–Crippen MR) is 59.7 cm³/mol. The van der Waals surface area contributed by atoms with Gasteiger partial charge in [-0.3, -0.25) is 9.69 Å². The van der Waals surface area contributed by atoms with Crippen molar-refractivity contribution in [3.8, 4) is 6.07 Å². The van der Waals surface area contributed by atoms with E-state index >= 15 is 0 Å². The van der Waals surface area contributed by atoms with Crippen LogP contribution in [0.4, 0.5) is 0 Å². The zero-order valence-electron chi connectivity index (χ0n) is 9.90. The van der Waals surface area contributed by atoms with Gasteiger partial charge in [0, 0.05) is 26.2 Å². The molecule has 0 radical (unpaired) electrons. The van der Waals surface area contributed by atoms with Crippen LogP contribution in [0.1, 0.15) is 19.8 Å². The van der Waals surface area contributed by atoms with E-state index in [9.17, 15) is 4.79 Å². The number of hydrogen-bond acceptors (Lipinski definition) is 4. The zero-order valence-corrected chi connectivity index (χ0v) is 9.90. The number of hydrogen-bond donors (Lipinski definition) is 1.